The van der Waals surface area contributed by atoms with Crippen molar-refractivity contribution in [2.24, 2.45) is 5.92 Å². The normalized spacial score (nSPS) is 20.0. The number of piperidine rings is 1. The Morgan fingerprint density at radius 2 is 1.77 bits per heavy atom. The Kier molecular flexibility index (Phi) is 8.16. The van der Waals surface area contributed by atoms with Crippen LogP contribution in [0.2, 0.25) is 0 Å². The van der Waals surface area contributed by atoms with Gasteiger partial charge in [-0.15, -0.1) is 11.3 Å². The number of amides is 1. The predicted octanol–water partition coefficient (Wildman–Crippen LogP) is 3.36. The van der Waals surface area contributed by atoms with Gasteiger partial charge < -0.3 is 10.1 Å². The Labute approximate surface area is 206 Å². The van der Waals surface area contributed by atoms with Gasteiger partial charge in [0.15, 0.2) is 0 Å². The molecular weight excluding hydrogens is 503 g/mol. The second-order valence-electron chi connectivity index (χ2n) is 8.60. The number of benzene rings is 1. The van der Waals surface area contributed by atoms with Crippen LogP contribution in [0.3, 0.4) is 0 Å². The molecule has 1 N–H and O–H groups in total. The largest absolute Gasteiger partial charge is 0.417 e. The van der Waals surface area contributed by atoms with Crippen LogP contribution in [0, 0.1) is 5.92 Å². The molecule has 192 valence electrons. The zero-order chi connectivity index (χ0) is 25.1. The second kappa shape index (κ2) is 11.0. The molecule has 0 aliphatic carbocycles. The maximum Gasteiger partial charge on any atom is 0.417 e. The van der Waals surface area contributed by atoms with Crippen LogP contribution in [0.4, 0.5) is 13.2 Å². The first-order valence-electron chi connectivity index (χ1n) is 11.5. The topological polar surface area (TPSA) is 79.0 Å². The molecule has 3 heterocycles. The summed E-state index contributed by atoms with van der Waals surface area (Å²) in [4.78, 5) is 15.6. The van der Waals surface area contributed by atoms with Crippen molar-refractivity contribution < 1.29 is 31.1 Å². The Morgan fingerprint density at radius 1 is 1.09 bits per heavy atom. The summed E-state index contributed by atoms with van der Waals surface area (Å²) in [5, 5.41) is 5.02. The molecule has 2 aliphatic heterocycles. The molecule has 0 radical (unpaired) electrons. The van der Waals surface area contributed by atoms with Gasteiger partial charge in [-0.2, -0.15) is 17.5 Å². The molecule has 0 unspecified atom stereocenters. The Balaban J connectivity index is 1.37. The highest BCUT2D eigenvalue weighted by atomic mass is 32.2. The zero-order valence-electron chi connectivity index (χ0n) is 19.0. The third kappa shape index (κ3) is 6.05. The van der Waals surface area contributed by atoms with Crippen LogP contribution in [0.25, 0.3) is 0 Å². The summed E-state index contributed by atoms with van der Waals surface area (Å²) in [6.07, 6.45) is -4.28. The van der Waals surface area contributed by atoms with E-state index in [1.807, 2.05) is 17.5 Å². The molecule has 0 bridgehead atoms. The summed E-state index contributed by atoms with van der Waals surface area (Å²) in [5.74, 6) is -0.555. The van der Waals surface area contributed by atoms with Gasteiger partial charge in [0.25, 0.3) is 0 Å². The highest BCUT2D eigenvalue weighted by Gasteiger charge is 2.40. The number of alkyl halides is 3. The number of carbonyl (C=O) groups is 1. The van der Waals surface area contributed by atoms with Gasteiger partial charge in [-0.25, -0.2) is 8.42 Å². The highest BCUT2D eigenvalue weighted by Crippen LogP contribution is 2.36. The molecule has 1 amide bonds. The molecule has 2 fully saturated rings. The smallest absolute Gasteiger partial charge is 0.379 e. The number of thiophene rings is 1. The molecule has 1 aromatic heterocycles. The third-order valence-corrected chi connectivity index (χ3v) is 9.39. The first kappa shape index (κ1) is 26.1. The van der Waals surface area contributed by atoms with Crippen LogP contribution < -0.4 is 5.32 Å². The molecule has 0 spiro atoms. The number of hydrogen-bond acceptors (Lipinski definition) is 6. The molecule has 7 nitrogen and oxygen atoms in total. The number of rotatable bonds is 7. The summed E-state index contributed by atoms with van der Waals surface area (Å²) in [7, 11) is -4.33. The lowest BCUT2D eigenvalue weighted by molar-refractivity contribution is -0.139. The molecule has 2 aromatic rings. The maximum atomic E-state index is 13.4. The van der Waals surface area contributed by atoms with E-state index in [0.29, 0.717) is 19.8 Å². The van der Waals surface area contributed by atoms with Crippen molar-refractivity contribution in [3.63, 3.8) is 0 Å². The lowest BCUT2D eigenvalue weighted by atomic mass is 9.97. The van der Waals surface area contributed by atoms with E-state index in [2.05, 4.69) is 10.2 Å². The first-order chi connectivity index (χ1) is 16.7. The number of nitrogens with zero attached hydrogens (tertiary/aromatic N) is 2. The van der Waals surface area contributed by atoms with E-state index in [1.165, 1.54) is 12.1 Å². The van der Waals surface area contributed by atoms with Gasteiger partial charge in [0.2, 0.25) is 15.9 Å². The average molecular weight is 532 g/mol. The number of morpholine rings is 1. The molecule has 4 rings (SSSR count). The van der Waals surface area contributed by atoms with E-state index in [-0.39, 0.29) is 37.9 Å². The summed E-state index contributed by atoms with van der Waals surface area (Å²) in [6, 6.07) is 8.24. The van der Waals surface area contributed by atoms with Gasteiger partial charge in [0.05, 0.1) is 29.7 Å². The molecule has 0 saturated carbocycles. The molecule has 2 saturated heterocycles. The Bertz CT molecular complexity index is 1100. The minimum absolute atomic E-state index is 0.00950. The van der Waals surface area contributed by atoms with Crippen molar-refractivity contribution in [2.45, 2.75) is 30.0 Å². The number of hydrogen-bond donors (Lipinski definition) is 1. The molecule has 35 heavy (non-hydrogen) atoms. The zero-order valence-corrected chi connectivity index (χ0v) is 20.7. The first-order valence-corrected chi connectivity index (χ1v) is 13.8. The van der Waals surface area contributed by atoms with Crippen molar-refractivity contribution >= 4 is 27.3 Å². The van der Waals surface area contributed by atoms with Crippen LogP contribution in [0.5, 0.6) is 0 Å². The van der Waals surface area contributed by atoms with E-state index in [0.717, 1.165) is 34.4 Å². The number of carbonyl (C=O) groups excluding carboxylic acids is 1. The van der Waals surface area contributed by atoms with Crippen molar-refractivity contribution in [3.8, 4) is 0 Å². The molecule has 1 aromatic carbocycles. The van der Waals surface area contributed by atoms with Crippen molar-refractivity contribution in [1.29, 1.82) is 0 Å². The minimum Gasteiger partial charge on any atom is -0.379 e. The van der Waals surface area contributed by atoms with Gasteiger partial charge in [0, 0.05) is 43.5 Å². The fourth-order valence-electron chi connectivity index (χ4n) is 4.54. The average Bonchev–Trinajstić information content (AvgIpc) is 3.39. The maximum absolute atomic E-state index is 13.4. The van der Waals surface area contributed by atoms with Crippen LogP contribution in [-0.4, -0.2) is 69.5 Å². The molecule has 2 aliphatic rings. The Morgan fingerprint density at radius 3 is 2.40 bits per heavy atom. The lowest BCUT2D eigenvalue weighted by Gasteiger charge is -2.35. The molecular formula is C23H28F3N3O4S2. The van der Waals surface area contributed by atoms with Crippen molar-refractivity contribution in [2.75, 3.05) is 45.9 Å². The summed E-state index contributed by atoms with van der Waals surface area (Å²) < 4.78 is 72.5. The SMILES string of the molecule is O=C(NC[C@@H](c1cccs1)N1CCOCC1)C1CCN(S(=O)(=O)c2ccccc2C(F)(F)F)CC1. The second-order valence-corrected chi connectivity index (χ2v) is 11.5. The fraction of sp³-hybridized carbons (Fsp3) is 0.522. The van der Waals surface area contributed by atoms with E-state index in [4.69, 9.17) is 4.74 Å². The summed E-state index contributed by atoms with van der Waals surface area (Å²) in [6.45, 7) is 3.23. The van der Waals surface area contributed by atoms with E-state index in [9.17, 15) is 26.4 Å². The quantitative estimate of drug-likeness (QED) is 0.593. The van der Waals surface area contributed by atoms with Crippen LogP contribution in [-0.2, 0) is 25.7 Å². The van der Waals surface area contributed by atoms with Crippen LogP contribution >= 0.6 is 11.3 Å². The predicted molar refractivity (Wildman–Crippen MR) is 125 cm³/mol. The lowest BCUT2D eigenvalue weighted by Crippen LogP contribution is -2.46. The van der Waals surface area contributed by atoms with Crippen molar-refractivity contribution in [1.82, 2.24) is 14.5 Å². The highest BCUT2D eigenvalue weighted by molar-refractivity contribution is 7.89. The number of sulfonamides is 1. The fourth-order valence-corrected chi connectivity index (χ4v) is 7.09. The van der Waals surface area contributed by atoms with Gasteiger partial charge in [-0.1, -0.05) is 18.2 Å². The van der Waals surface area contributed by atoms with Gasteiger partial charge in [0.1, 0.15) is 0 Å². The number of nitrogens with one attached hydrogen (secondary N) is 1. The number of halogens is 3. The van der Waals surface area contributed by atoms with E-state index >= 15 is 0 Å². The standard InChI is InChI=1S/C23H28F3N3O4S2/c24-23(25,26)18-4-1-2-6-21(18)35(31,32)29-9-7-17(8-10-29)22(30)27-16-19(20-5-3-15-34-20)28-11-13-33-14-12-28/h1-6,15,17,19H,7-14,16H2,(H,27,30)/t19-/m0/s1. The van der Waals surface area contributed by atoms with Crippen LogP contribution in [0.1, 0.15) is 29.3 Å². The molecule has 1 atom stereocenters. The van der Waals surface area contributed by atoms with Gasteiger partial charge in [-0.3, -0.25) is 9.69 Å². The summed E-state index contributed by atoms with van der Waals surface area (Å²) in [5.41, 5.74) is -1.18. The number of ether oxygens (including phenoxy) is 1. The Hall–Kier alpha value is -1.99. The van der Waals surface area contributed by atoms with E-state index in [1.54, 1.807) is 11.3 Å². The van der Waals surface area contributed by atoms with E-state index < -0.39 is 32.6 Å². The van der Waals surface area contributed by atoms with Crippen LogP contribution in [0.15, 0.2) is 46.7 Å². The van der Waals surface area contributed by atoms with Crippen molar-refractivity contribution in [3.05, 3.63) is 52.2 Å². The van der Waals surface area contributed by atoms with Gasteiger partial charge in [-0.05, 0) is 36.4 Å². The summed E-state index contributed by atoms with van der Waals surface area (Å²) >= 11 is 1.63. The monoisotopic (exact) mass is 531 g/mol. The minimum atomic E-state index is -4.78. The third-order valence-electron chi connectivity index (χ3n) is 6.46. The molecule has 12 heteroatoms. The van der Waals surface area contributed by atoms with Gasteiger partial charge >= 0.3 is 6.18 Å².